The van der Waals surface area contributed by atoms with E-state index in [0.717, 1.165) is 37.3 Å². The van der Waals surface area contributed by atoms with Crippen LogP contribution < -0.4 is 9.80 Å². The van der Waals surface area contributed by atoms with Crippen molar-refractivity contribution in [3.05, 3.63) is 36.2 Å². The van der Waals surface area contributed by atoms with E-state index in [9.17, 15) is 9.59 Å². The van der Waals surface area contributed by atoms with Crippen LogP contribution >= 0.6 is 0 Å². The van der Waals surface area contributed by atoms with Crippen LogP contribution in [0.3, 0.4) is 0 Å². The van der Waals surface area contributed by atoms with Crippen molar-refractivity contribution in [2.75, 3.05) is 36.0 Å². The van der Waals surface area contributed by atoms with Gasteiger partial charge in [-0.1, -0.05) is 5.21 Å². The molecule has 10 heteroatoms. The molecule has 0 N–H and O–H groups in total. The zero-order valence-electron chi connectivity index (χ0n) is 18.0. The van der Waals surface area contributed by atoms with Gasteiger partial charge in [-0.15, -0.1) is 5.10 Å². The van der Waals surface area contributed by atoms with Gasteiger partial charge in [0, 0.05) is 30.9 Å². The summed E-state index contributed by atoms with van der Waals surface area (Å²) in [5.74, 6) is -0.0386. The van der Waals surface area contributed by atoms with Crippen molar-refractivity contribution in [2.24, 2.45) is 5.92 Å². The molecule has 1 aromatic heterocycles. The second kappa shape index (κ2) is 9.68. The number of amides is 1. The van der Waals surface area contributed by atoms with Gasteiger partial charge in [-0.3, -0.25) is 4.90 Å². The number of carbonyl (C=O) groups excluding carboxylic acids is 2. The summed E-state index contributed by atoms with van der Waals surface area (Å²) < 4.78 is 11.9. The monoisotopic (exact) mass is 438 g/mol. The summed E-state index contributed by atoms with van der Waals surface area (Å²) in [5, 5.41) is 16.6. The average molecular weight is 438 g/mol. The van der Waals surface area contributed by atoms with Crippen molar-refractivity contribution < 1.29 is 19.1 Å². The van der Waals surface area contributed by atoms with Gasteiger partial charge in [-0.05, 0) is 49.9 Å². The number of cyclic esters (lactones) is 1. The highest BCUT2D eigenvalue weighted by Crippen LogP contribution is 2.28. The molecular weight excluding hydrogens is 412 g/mol. The molecule has 2 saturated heterocycles. The minimum absolute atomic E-state index is 0.125. The normalized spacial score (nSPS) is 19.0. The van der Waals surface area contributed by atoms with Gasteiger partial charge in [0.1, 0.15) is 6.10 Å². The van der Waals surface area contributed by atoms with E-state index in [4.69, 9.17) is 14.7 Å². The number of ether oxygens (including phenoxy) is 2. The molecule has 0 radical (unpaired) electrons. The van der Waals surface area contributed by atoms with Gasteiger partial charge < -0.3 is 14.4 Å². The predicted octanol–water partition coefficient (Wildman–Crippen LogP) is 2.61. The summed E-state index contributed by atoms with van der Waals surface area (Å²) in [7, 11) is 0. The second-order valence-electron chi connectivity index (χ2n) is 7.97. The zero-order chi connectivity index (χ0) is 22.5. The quantitative estimate of drug-likeness (QED) is 0.606. The van der Waals surface area contributed by atoms with E-state index in [1.807, 2.05) is 24.3 Å². The van der Waals surface area contributed by atoms with Crippen molar-refractivity contribution in [3.8, 4) is 6.07 Å². The standard InChI is InChI=1S/C22H26N6O4/c1-2-31-21(29)20-15-27(25-24-20)13-19-14-28(22(30)32-19)18-5-3-17(4-6-18)26-11-8-16(7-10-23)9-12-26/h3-6,15-16,19H,2,7-9,11-14H2,1H3/t19-/m1/s1. The molecule has 0 unspecified atom stereocenters. The minimum atomic E-state index is -0.529. The number of anilines is 2. The summed E-state index contributed by atoms with van der Waals surface area (Å²) in [6.45, 7) is 4.53. The van der Waals surface area contributed by atoms with Gasteiger partial charge in [0.15, 0.2) is 5.69 Å². The topological polar surface area (TPSA) is 114 Å². The fourth-order valence-corrected chi connectivity index (χ4v) is 4.09. The number of aromatic nitrogens is 3. The van der Waals surface area contributed by atoms with E-state index < -0.39 is 18.2 Å². The van der Waals surface area contributed by atoms with Gasteiger partial charge in [-0.2, -0.15) is 5.26 Å². The summed E-state index contributed by atoms with van der Waals surface area (Å²) in [6, 6.07) is 10.2. The smallest absolute Gasteiger partial charge is 0.414 e. The highest BCUT2D eigenvalue weighted by Gasteiger charge is 2.33. The van der Waals surface area contributed by atoms with Gasteiger partial charge in [-0.25, -0.2) is 14.3 Å². The van der Waals surface area contributed by atoms with E-state index in [1.54, 1.807) is 11.8 Å². The molecule has 1 aromatic carbocycles. The Morgan fingerprint density at radius 2 is 1.97 bits per heavy atom. The van der Waals surface area contributed by atoms with Crippen molar-refractivity contribution >= 4 is 23.4 Å². The summed E-state index contributed by atoms with van der Waals surface area (Å²) in [5.41, 5.74) is 2.01. The molecule has 0 aliphatic carbocycles. The number of hydrogen-bond acceptors (Lipinski definition) is 8. The van der Waals surface area contributed by atoms with Crippen LogP contribution in [0.5, 0.6) is 0 Å². The third kappa shape index (κ3) is 4.82. The van der Waals surface area contributed by atoms with Crippen LogP contribution in [0, 0.1) is 17.2 Å². The molecule has 2 aliphatic heterocycles. The summed E-state index contributed by atoms with van der Waals surface area (Å²) in [6.07, 6.45) is 3.35. The third-order valence-corrected chi connectivity index (χ3v) is 5.81. The number of piperidine rings is 1. The van der Waals surface area contributed by atoms with Crippen molar-refractivity contribution in [1.82, 2.24) is 15.0 Å². The number of carbonyl (C=O) groups is 2. The fraction of sp³-hybridized carbons (Fsp3) is 0.500. The average Bonchev–Trinajstić information content (AvgIpc) is 3.41. The first-order valence-electron chi connectivity index (χ1n) is 10.8. The van der Waals surface area contributed by atoms with E-state index in [1.165, 1.54) is 10.9 Å². The molecule has 2 aromatic rings. The summed E-state index contributed by atoms with van der Waals surface area (Å²) >= 11 is 0. The Morgan fingerprint density at radius 3 is 2.66 bits per heavy atom. The highest BCUT2D eigenvalue weighted by molar-refractivity contribution is 5.90. The van der Waals surface area contributed by atoms with Crippen LogP contribution in [0.15, 0.2) is 30.5 Å². The Morgan fingerprint density at radius 1 is 1.25 bits per heavy atom. The van der Waals surface area contributed by atoms with Crippen LogP contribution in [-0.2, 0) is 16.0 Å². The molecule has 2 fully saturated rings. The molecule has 0 bridgehead atoms. The van der Waals surface area contributed by atoms with Gasteiger partial charge >= 0.3 is 12.1 Å². The van der Waals surface area contributed by atoms with Crippen LogP contribution in [0.1, 0.15) is 36.7 Å². The number of esters is 1. The molecule has 10 nitrogen and oxygen atoms in total. The van der Waals surface area contributed by atoms with Crippen molar-refractivity contribution in [3.63, 3.8) is 0 Å². The Balaban J connectivity index is 1.33. The molecular formula is C22H26N6O4. The number of nitrogens with zero attached hydrogens (tertiary/aromatic N) is 6. The Labute approximate surface area is 186 Å². The molecule has 2 aliphatic rings. The van der Waals surface area contributed by atoms with Crippen LogP contribution in [0.4, 0.5) is 16.2 Å². The molecule has 1 amide bonds. The molecule has 4 rings (SSSR count). The number of hydrogen-bond donors (Lipinski definition) is 0. The molecule has 3 heterocycles. The first-order valence-corrected chi connectivity index (χ1v) is 10.8. The van der Waals surface area contributed by atoms with Crippen LogP contribution in [0.25, 0.3) is 0 Å². The molecule has 168 valence electrons. The van der Waals surface area contributed by atoms with Crippen molar-refractivity contribution in [2.45, 2.75) is 38.8 Å². The second-order valence-corrected chi connectivity index (χ2v) is 7.97. The maximum atomic E-state index is 12.4. The van der Waals surface area contributed by atoms with Gasteiger partial charge in [0.25, 0.3) is 0 Å². The highest BCUT2D eigenvalue weighted by atomic mass is 16.6. The van der Waals surface area contributed by atoms with Crippen LogP contribution in [-0.4, -0.2) is 59.4 Å². The molecule has 1 atom stereocenters. The zero-order valence-corrected chi connectivity index (χ0v) is 18.0. The molecule has 0 spiro atoms. The first-order chi connectivity index (χ1) is 15.6. The SMILES string of the molecule is CCOC(=O)c1cn(C[C@@H]2CN(c3ccc(N4CCC(CC#N)CC4)cc3)C(=O)O2)nn1. The lowest BCUT2D eigenvalue weighted by atomic mass is 9.94. The van der Waals surface area contributed by atoms with E-state index in [-0.39, 0.29) is 12.3 Å². The van der Waals surface area contributed by atoms with Crippen LogP contribution in [0.2, 0.25) is 0 Å². The maximum Gasteiger partial charge on any atom is 0.414 e. The Hall–Kier alpha value is -3.61. The van der Waals surface area contributed by atoms with E-state index in [2.05, 4.69) is 21.3 Å². The first kappa shape index (κ1) is 21.6. The minimum Gasteiger partial charge on any atom is -0.461 e. The van der Waals surface area contributed by atoms with E-state index in [0.29, 0.717) is 25.4 Å². The lowest BCUT2D eigenvalue weighted by molar-refractivity contribution is 0.0519. The predicted molar refractivity (Wildman–Crippen MR) is 115 cm³/mol. The van der Waals surface area contributed by atoms with Crippen molar-refractivity contribution in [1.29, 1.82) is 5.26 Å². The largest absolute Gasteiger partial charge is 0.461 e. The fourth-order valence-electron chi connectivity index (χ4n) is 4.09. The Bertz CT molecular complexity index is 991. The third-order valence-electron chi connectivity index (χ3n) is 5.81. The number of rotatable bonds is 7. The lowest BCUT2D eigenvalue weighted by Crippen LogP contribution is -2.33. The summed E-state index contributed by atoms with van der Waals surface area (Å²) in [4.78, 5) is 28.0. The molecule has 32 heavy (non-hydrogen) atoms. The Kier molecular flexibility index (Phi) is 6.54. The lowest BCUT2D eigenvalue weighted by Gasteiger charge is -2.33. The maximum absolute atomic E-state index is 12.4. The van der Waals surface area contributed by atoms with E-state index >= 15 is 0 Å². The van der Waals surface area contributed by atoms with Gasteiger partial charge in [0.2, 0.25) is 0 Å². The van der Waals surface area contributed by atoms with Gasteiger partial charge in [0.05, 0.1) is 32.0 Å². The number of nitriles is 1. The molecule has 0 saturated carbocycles. The number of benzene rings is 1.